The lowest BCUT2D eigenvalue weighted by atomic mass is 10.1. The summed E-state index contributed by atoms with van der Waals surface area (Å²) in [6, 6.07) is 4.13. The highest BCUT2D eigenvalue weighted by Gasteiger charge is 2.04. The maximum Gasteiger partial charge on any atom is 0.0897 e. The molecule has 0 aliphatic heterocycles. The molecule has 0 radical (unpaired) electrons. The van der Waals surface area contributed by atoms with E-state index in [1.165, 1.54) is 11.3 Å². The van der Waals surface area contributed by atoms with Crippen molar-refractivity contribution in [3.05, 3.63) is 22.4 Å². The molecule has 1 unspecified atom stereocenters. The first-order chi connectivity index (χ1) is 8.68. The van der Waals surface area contributed by atoms with Gasteiger partial charge in [-0.25, -0.2) is 0 Å². The van der Waals surface area contributed by atoms with Gasteiger partial charge in [0, 0.05) is 24.6 Å². The number of aliphatic hydroxyl groups excluding tert-OH is 1. The second-order valence-electron chi connectivity index (χ2n) is 4.98. The van der Waals surface area contributed by atoms with Crippen molar-refractivity contribution in [2.45, 2.75) is 39.3 Å². The van der Waals surface area contributed by atoms with E-state index >= 15 is 0 Å². The van der Waals surface area contributed by atoms with Crippen LogP contribution < -0.4 is 5.32 Å². The highest BCUT2D eigenvalue weighted by atomic mass is 32.1. The second-order valence-corrected chi connectivity index (χ2v) is 6.01. The number of hydrogen-bond acceptors (Lipinski definition) is 4. The van der Waals surface area contributed by atoms with E-state index in [4.69, 9.17) is 4.74 Å². The molecular weight excluding hydrogens is 246 g/mol. The summed E-state index contributed by atoms with van der Waals surface area (Å²) in [6.45, 7) is 7.01. The monoisotopic (exact) mass is 271 g/mol. The molecule has 1 aromatic heterocycles. The summed E-state index contributed by atoms with van der Waals surface area (Å²) in [7, 11) is 0. The van der Waals surface area contributed by atoms with Gasteiger partial charge in [-0.15, -0.1) is 11.3 Å². The molecule has 0 fully saturated rings. The fourth-order valence-corrected chi connectivity index (χ4v) is 2.32. The Kier molecular flexibility index (Phi) is 8.25. The summed E-state index contributed by atoms with van der Waals surface area (Å²) < 4.78 is 5.45. The molecule has 1 rings (SSSR count). The Labute approximate surface area is 114 Å². The molecule has 1 atom stereocenters. The van der Waals surface area contributed by atoms with Crippen LogP contribution in [0.25, 0.3) is 0 Å². The van der Waals surface area contributed by atoms with Crippen LogP contribution in [-0.2, 0) is 11.3 Å². The zero-order chi connectivity index (χ0) is 13.2. The maximum absolute atomic E-state index is 9.70. The smallest absolute Gasteiger partial charge is 0.0897 e. The molecule has 3 nitrogen and oxygen atoms in total. The van der Waals surface area contributed by atoms with Crippen LogP contribution in [0.1, 0.15) is 31.6 Å². The van der Waals surface area contributed by atoms with Gasteiger partial charge in [0.2, 0.25) is 0 Å². The first kappa shape index (κ1) is 15.6. The molecule has 0 aromatic carbocycles. The van der Waals surface area contributed by atoms with Crippen LogP contribution in [0.2, 0.25) is 0 Å². The lowest BCUT2D eigenvalue weighted by Gasteiger charge is -2.12. The van der Waals surface area contributed by atoms with Crippen molar-refractivity contribution < 1.29 is 9.84 Å². The summed E-state index contributed by atoms with van der Waals surface area (Å²) in [4.78, 5) is 1.29. The topological polar surface area (TPSA) is 41.5 Å². The summed E-state index contributed by atoms with van der Waals surface area (Å²) in [5.41, 5.74) is 0. The van der Waals surface area contributed by atoms with Crippen molar-refractivity contribution in [1.82, 2.24) is 5.32 Å². The molecule has 0 spiro atoms. The Hall–Kier alpha value is -0.420. The van der Waals surface area contributed by atoms with E-state index in [9.17, 15) is 5.11 Å². The Morgan fingerprint density at radius 2 is 2.28 bits per heavy atom. The minimum Gasteiger partial charge on any atom is -0.389 e. The van der Waals surface area contributed by atoms with Gasteiger partial charge < -0.3 is 15.2 Å². The molecule has 104 valence electrons. The standard InChI is InChI=1S/C14H25NO2S/c1-12(2)5-3-7-17-11-13(16)9-15-10-14-6-4-8-18-14/h4,6,8,12-13,15-16H,3,5,7,9-11H2,1-2H3. The third-order valence-electron chi connectivity index (χ3n) is 2.64. The van der Waals surface area contributed by atoms with Crippen molar-refractivity contribution in [2.75, 3.05) is 19.8 Å². The highest BCUT2D eigenvalue weighted by Crippen LogP contribution is 2.07. The van der Waals surface area contributed by atoms with E-state index in [-0.39, 0.29) is 0 Å². The predicted octanol–water partition coefficient (Wildman–Crippen LogP) is 2.65. The molecule has 0 bridgehead atoms. The molecule has 1 aromatic rings. The molecule has 1 heterocycles. The lowest BCUT2D eigenvalue weighted by molar-refractivity contribution is 0.0347. The molecule has 4 heteroatoms. The first-order valence-corrected chi connectivity index (χ1v) is 7.55. The Balaban J connectivity index is 1.92. The zero-order valence-corrected chi connectivity index (χ0v) is 12.2. The molecule has 2 N–H and O–H groups in total. The first-order valence-electron chi connectivity index (χ1n) is 6.67. The van der Waals surface area contributed by atoms with E-state index in [1.54, 1.807) is 11.3 Å². The van der Waals surface area contributed by atoms with Gasteiger partial charge in [0.1, 0.15) is 0 Å². The number of hydrogen-bond donors (Lipinski definition) is 2. The summed E-state index contributed by atoms with van der Waals surface area (Å²) >= 11 is 1.73. The van der Waals surface area contributed by atoms with E-state index in [2.05, 4.69) is 30.6 Å². The molecule has 0 amide bonds. The van der Waals surface area contributed by atoms with Crippen LogP contribution in [0.5, 0.6) is 0 Å². The summed E-state index contributed by atoms with van der Waals surface area (Å²) in [6.07, 6.45) is 1.85. The van der Waals surface area contributed by atoms with Gasteiger partial charge in [-0.05, 0) is 30.2 Å². The summed E-state index contributed by atoms with van der Waals surface area (Å²) in [5.74, 6) is 0.728. The number of thiophene rings is 1. The van der Waals surface area contributed by atoms with E-state index < -0.39 is 6.10 Å². The van der Waals surface area contributed by atoms with Crippen LogP contribution in [0, 0.1) is 5.92 Å². The van der Waals surface area contributed by atoms with Crippen LogP contribution >= 0.6 is 11.3 Å². The van der Waals surface area contributed by atoms with E-state index in [0.717, 1.165) is 25.5 Å². The third kappa shape index (κ3) is 7.82. The average molecular weight is 271 g/mol. The van der Waals surface area contributed by atoms with Gasteiger partial charge in [-0.2, -0.15) is 0 Å². The Morgan fingerprint density at radius 1 is 1.44 bits per heavy atom. The zero-order valence-electron chi connectivity index (χ0n) is 11.4. The maximum atomic E-state index is 9.70. The highest BCUT2D eigenvalue weighted by molar-refractivity contribution is 7.09. The molecular formula is C14H25NO2S. The van der Waals surface area contributed by atoms with Gasteiger partial charge in [0.15, 0.2) is 0 Å². The van der Waals surface area contributed by atoms with Gasteiger partial charge >= 0.3 is 0 Å². The normalized spacial score (nSPS) is 13.1. The lowest BCUT2D eigenvalue weighted by Crippen LogP contribution is -2.30. The van der Waals surface area contributed by atoms with Crippen LogP contribution in [-0.4, -0.2) is 31.0 Å². The number of rotatable bonds is 10. The van der Waals surface area contributed by atoms with Crippen molar-refractivity contribution in [3.63, 3.8) is 0 Å². The number of aliphatic hydroxyl groups is 1. The number of ether oxygens (including phenoxy) is 1. The van der Waals surface area contributed by atoms with Crippen LogP contribution in [0.3, 0.4) is 0 Å². The molecule has 18 heavy (non-hydrogen) atoms. The minimum atomic E-state index is -0.413. The van der Waals surface area contributed by atoms with Crippen LogP contribution in [0.15, 0.2) is 17.5 Å². The quantitative estimate of drug-likeness (QED) is 0.643. The molecule has 0 saturated carbocycles. The van der Waals surface area contributed by atoms with E-state index in [1.807, 2.05) is 6.07 Å². The molecule has 0 aliphatic carbocycles. The van der Waals surface area contributed by atoms with Crippen molar-refractivity contribution in [1.29, 1.82) is 0 Å². The van der Waals surface area contributed by atoms with Gasteiger partial charge in [0.05, 0.1) is 12.7 Å². The Morgan fingerprint density at radius 3 is 2.94 bits per heavy atom. The van der Waals surface area contributed by atoms with Gasteiger partial charge in [-0.1, -0.05) is 19.9 Å². The van der Waals surface area contributed by atoms with Gasteiger partial charge in [0.25, 0.3) is 0 Å². The van der Waals surface area contributed by atoms with Crippen LogP contribution in [0.4, 0.5) is 0 Å². The Bertz CT molecular complexity index is 288. The fourth-order valence-electron chi connectivity index (χ4n) is 1.65. The van der Waals surface area contributed by atoms with E-state index in [0.29, 0.717) is 13.2 Å². The fraction of sp³-hybridized carbons (Fsp3) is 0.714. The number of nitrogens with one attached hydrogen (secondary N) is 1. The third-order valence-corrected chi connectivity index (χ3v) is 3.52. The summed E-state index contributed by atoms with van der Waals surface area (Å²) in [5, 5.41) is 15.0. The average Bonchev–Trinajstić information content (AvgIpc) is 2.81. The van der Waals surface area contributed by atoms with Crippen molar-refractivity contribution in [3.8, 4) is 0 Å². The minimum absolute atomic E-state index is 0.413. The largest absolute Gasteiger partial charge is 0.389 e. The van der Waals surface area contributed by atoms with Gasteiger partial charge in [-0.3, -0.25) is 0 Å². The van der Waals surface area contributed by atoms with Crippen molar-refractivity contribution >= 4 is 11.3 Å². The molecule has 0 saturated heterocycles. The van der Waals surface area contributed by atoms with Crippen molar-refractivity contribution in [2.24, 2.45) is 5.92 Å². The predicted molar refractivity (Wildman–Crippen MR) is 76.9 cm³/mol. The second kappa shape index (κ2) is 9.50. The SMILES string of the molecule is CC(C)CCCOCC(O)CNCc1cccs1. The molecule has 0 aliphatic rings.